The number of benzene rings is 1. The van der Waals surface area contributed by atoms with Crippen LogP contribution in [0.3, 0.4) is 0 Å². The Hall–Kier alpha value is -1.48. The molecule has 2 aromatic rings. The third-order valence-electron chi connectivity index (χ3n) is 3.57. The molecular weight excluding hydrogens is 463 g/mol. The van der Waals surface area contributed by atoms with Gasteiger partial charge in [0.05, 0.1) is 12.2 Å². The SMILES string of the molecule is CCOC(=O)C1=C(CBr)NC(c2nncs2)=NC1c1ccc(Cl)cc1Cl. The number of rotatable bonds is 5. The molecule has 1 atom stereocenters. The van der Waals surface area contributed by atoms with Gasteiger partial charge in [-0.15, -0.1) is 10.2 Å². The fraction of sp³-hybridized carbons (Fsp3) is 0.250. The predicted octanol–water partition coefficient (Wildman–Crippen LogP) is 4.15. The Morgan fingerprint density at radius 3 is 2.85 bits per heavy atom. The second-order valence-electron chi connectivity index (χ2n) is 5.16. The van der Waals surface area contributed by atoms with Crippen LogP contribution in [0.15, 0.2) is 40.0 Å². The first-order chi connectivity index (χ1) is 12.5. The minimum atomic E-state index is -0.647. The molecule has 1 aromatic heterocycles. The lowest BCUT2D eigenvalue weighted by molar-refractivity contribution is -0.138. The highest BCUT2D eigenvalue weighted by Crippen LogP contribution is 2.37. The number of carbonyl (C=O) groups is 1. The number of amidine groups is 1. The van der Waals surface area contributed by atoms with Gasteiger partial charge in [-0.3, -0.25) is 4.99 Å². The number of esters is 1. The van der Waals surface area contributed by atoms with E-state index < -0.39 is 12.0 Å². The highest BCUT2D eigenvalue weighted by atomic mass is 79.9. The molecule has 1 aliphatic rings. The van der Waals surface area contributed by atoms with Gasteiger partial charge >= 0.3 is 5.97 Å². The second-order valence-corrected chi connectivity index (χ2v) is 7.40. The second kappa shape index (κ2) is 8.47. The van der Waals surface area contributed by atoms with Crippen molar-refractivity contribution in [1.82, 2.24) is 15.5 Å². The minimum Gasteiger partial charge on any atom is -0.463 e. The number of halogens is 3. The average molecular weight is 476 g/mol. The molecule has 1 unspecified atom stereocenters. The summed E-state index contributed by atoms with van der Waals surface area (Å²) in [6, 6.07) is 4.44. The lowest BCUT2D eigenvalue weighted by Gasteiger charge is -2.26. The van der Waals surface area contributed by atoms with Crippen LogP contribution in [-0.2, 0) is 9.53 Å². The van der Waals surface area contributed by atoms with Gasteiger partial charge in [0.15, 0.2) is 10.8 Å². The maximum atomic E-state index is 12.6. The summed E-state index contributed by atoms with van der Waals surface area (Å²) >= 11 is 17.2. The van der Waals surface area contributed by atoms with E-state index in [4.69, 9.17) is 27.9 Å². The highest BCUT2D eigenvalue weighted by Gasteiger charge is 2.33. The van der Waals surface area contributed by atoms with Gasteiger partial charge in [0, 0.05) is 26.6 Å². The summed E-state index contributed by atoms with van der Waals surface area (Å²) in [5.41, 5.74) is 3.30. The fourth-order valence-corrected chi connectivity index (χ4v) is 3.94. The summed E-state index contributed by atoms with van der Waals surface area (Å²) in [5.74, 6) is 0.0662. The number of nitrogens with zero attached hydrogens (tertiary/aromatic N) is 3. The Morgan fingerprint density at radius 1 is 1.42 bits per heavy atom. The summed E-state index contributed by atoms with van der Waals surface area (Å²) in [6.45, 7) is 2.01. The first-order valence-corrected chi connectivity index (χ1v) is 10.3. The van der Waals surface area contributed by atoms with E-state index in [9.17, 15) is 4.79 Å². The Morgan fingerprint density at radius 2 is 2.23 bits per heavy atom. The van der Waals surface area contributed by atoms with Crippen LogP contribution in [0.2, 0.25) is 10.0 Å². The third-order valence-corrected chi connectivity index (χ3v) is 5.40. The normalized spacial score (nSPS) is 16.9. The topological polar surface area (TPSA) is 76.5 Å². The Labute approximate surface area is 172 Å². The standard InChI is InChI=1S/C16H13BrCl2N4O2S/c1-2-25-16(24)12-11(6-17)21-14(15-23-20-7-26-15)22-13(12)9-4-3-8(18)5-10(9)19/h3-5,7,13H,2,6H2,1H3,(H,21,22). The van der Waals surface area contributed by atoms with Crippen molar-refractivity contribution >= 4 is 62.3 Å². The molecule has 0 amide bonds. The monoisotopic (exact) mass is 474 g/mol. The molecule has 10 heteroatoms. The van der Waals surface area contributed by atoms with Crippen LogP contribution < -0.4 is 5.32 Å². The van der Waals surface area contributed by atoms with E-state index in [0.29, 0.717) is 43.1 Å². The molecular formula is C16H13BrCl2N4O2S. The number of hydrogen-bond acceptors (Lipinski definition) is 7. The number of aliphatic imine (C=N–C) groups is 1. The highest BCUT2D eigenvalue weighted by molar-refractivity contribution is 9.09. The Balaban J connectivity index is 2.15. The smallest absolute Gasteiger partial charge is 0.338 e. The molecule has 1 N–H and O–H groups in total. The fourth-order valence-electron chi connectivity index (χ4n) is 2.48. The van der Waals surface area contributed by atoms with Crippen LogP contribution in [-0.4, -0.2) is 33.9 Å². The molecule has 26 heavy (non-hydrogen) atoms. The zero-order chi connectivity index (χ0) is 18.7. The van der Waals surface area contributed by atoms with Gasteiger partial charge in [-0.1, -0.05) is 56.5 Å². The van der Waals surface area contributed by atoms with Crippen molar-refractivity contribution in [3.8, 4) is 0 Å². The van der Waals surface area contributed by atoms with Crippen LogP contribution in [0, 0.1) is 0 Å². The molecule has 136 valence electrons. The quantitative estimate of drug-likeness (QED) is 0.519. The van der Waals surface area contributed by atoms with E-state index in [-0.39, 0.29) is 6.61 Å². The largest absolute Gasteiger partial charge is 0.463 e. The van der Waals surface area contributed by atoms with E-state index in [0.717, 1.165) is 0 Å². The average Bonchev–Trinajstić information content (AvgIpc) is 3.15. The first-order valence-electron chi connectivity index (χ1n) is 7.57. The van der Waals surface area contributed by atoms with Crippen molar-refractivity contribution in [1.29, 1.82) is 0 Å². The van der Waals surface area contributed by atoms with Gasteiger partial charge in [0.25, 0.3) is 0 Å². The Bertz CT molecular complexity index is 886. The molecule has 0 radical (unpaired) electrons. The van der Waals surface area contributed by atoms with Crippen LogP contribution in [0.1, 0.15) is 23.5 Å². The van der Waals surface area contributed by atoms with Crippen molar-refractivity contribution in [3.05, 3.63) is 55.6 Å². The van der Waals surface area contributed by atoms with Gasteiger partial charge in [-0.2, -0.15) is 0 Å². The van der Waals surface area contributed by atoms with Gasteiger partial charge in [0.1, 0.15) is 11.6 Å². The van der Waals surface area contributed by atoms with Gasteiger partial charge in [-0.05, 0) is 19.1 Å². The molecule has 0 saturated heterocycles. The molecule has 1 aromatic carbocycles. The number of carbonyl (C=O) groups excluding carboxylic acids is 1. The van der Waals surface area contributed by atoms with E-state index in [1.54, 1.807) is 30.6 Å². The van der Waals surface area contributed by atoms with Gasteiger partial charge in [0.2, 0.25) is 0 Å². The van der Waals surface area contributed by atoms with Gasteiger partial charge in [-0.25, -0.2) is 4.79 Å². The first kappa shape index (κ1) is 19.3. The van der Waals surface area contributed by atoms with Crippen LogP contribution in [0.5, 0.6) is 0 Å². The molecule has 2 heterocycles. The zero-order valence-corrected chi connectivity index (χ0v) is 17.4. The number of nitrogens with one attached hydrogen (secondary N) is 1. The lowest BCUT2D eigenvalue weighted by Crippen LogP contribution is -2.34. The molecule has 3 rings (SSSR count). The van der Waals surface area contributed by atoms with Crippen molar-refractivity contribution in [2.24, 2.45) is 4.99 Å². The van der Waals surface area contributed by atoms with Crippen LogP contribution >= 0.6 is 50.5 Å². The van der Waals surface area contributed by atoms with Crippen LogP contribution in [0.25, 0.3) is 0 Å². The predicted molar refractivity (Wildman–Crippen MR) is 106 cm³/mol. The summed E-state index contributed by atoms with van der Waals surface area (Å²) in [7, 11) is 0. The number of aromatic nitrogens is 2. The molecule has 0 saturated carbocycles. The number of hydrogen-bond donors (Lipinski definition) is 1. The summed E-state index contributed by atoms with van der Waals surface area (Å²) in [4.78, 5) is 17.3. The minimum absolute atomic E-state index is 0.256. The van der Waals surface area contributed by atoms with Crippen molar-refractivity contribution in [2.45, 2.75) is 13.0 Å². The summed E-state index contributed by atoms with van der Waals surface area (Å²) in [6.07, 6.45) is 0. The van der Waals surface area contributed by atoms with Crippen molar-refractivity contribution in [3.63, 3.8) is 0 Å². The summed E-state index contributed by atoms with van der Waals surface area (Å²) < 4.78 is 5.23. The molecule has 0 spiro atoms. The van der Waals surface area contributed by atoms with E-state index >= 15 is 0 Å². The number of allylic oxidation sites excluding steroid dienone is 1. The zero-order valence-electron chi connectivity index (χ0n) is 13.5. The molecule has 0 aliphatic carbocycles. The Kier molecular flexibility index (Phi) is 6.29. The van der Waals surface area contributed by atoms with E-state index in [1.807, 2.05) is 0 Å². The summed E-state index contributed by atoms with van der Waals surface area (Å²) in [5, 5.41) is 13.0. The molecule has 6 nitrogen and oxygen atoms in total. The van der Waals surface area contributed by atoms with Gasteiger partial charge < -0.3 is 10.1 Å². The van der Waals surface area contributed by atoms with E-state index in [2.05, 4.69) is 36.4 Å². The maximum absolute atomic E-state index is 12.6. The number of ether oxygens (including phenoxy) is 1. The van der Waals surface area contributed by atoms with Crippen molar-refractivity contribution in [2.75, 3.05) is 11.9 Å². The van der Waals surface area contributed by atoms with E-state index in [1.165, 1.54) is 11.3 Å². The van der Waals surface area contributed by atoms with Crippen molar-refractivity contribution < 1.29 is 9.53 Å². The van der Waals surface area contributed by atoms with Crippen LogP contribution in [0.4, 0.5) is 0 Å². The lowest BCUT2D eigenvalue weighted by atomic mass is 9.96. The molecule has 1 aliphatic heterocycles. The number of alkyl halides is 1. The molecule has 0 bridgehead atoms. The third kappa shape index (κ3) is 3.93. The maximum Gasteiger partial charge on any atom is 0.338 e. The molecule has 0 fully saturated rings.